The highest BCUT2D eigenvalue weighted by molar-refractivity contribution is 5.88. The van der Waals surface area contributed by atoms with Crippen LogP contribution in [0.25, 0.3) is 10.9 Å². The van der Waals surface area contributed by atoms with Crippen LogP contribution in [0.2, 0.25) is 0 Å². The van der Waals surface area contributed by atoms with Gasteiger partial charge in [-0.2, -0.15) is 0 Å². The molecule has 1 heterocycles. The first-order valence-electron chi connectivity index (χ1n) is 4.57. The fraction of sp³-hybridized carbons (Fsp3) is 0.182. The maximum Gasteiger partial charge on any atom is 0.307 e. The summed E-state index contributed by atoms with van der Waals surface area (Å²) in [5.41, 5.74) is 1.64. The summed E-state index contributed by atoms with van der Waals surface area (Å²) in [5.74, 6) is -0.244. The minimum absolute atomic E-state index is 0.0294. The Hall–Kier alpha value is -1.97. The largest absolute Gasteiger partial charge is 0.496 e. The van der Waals surface area contributed by atoms with Gasteiger partial charge in [0.05, 0.1) is 13.5 Å². The first-order valence-corrected chi connectivity index (χ1v) is 4.57. The van der Waals surface area contributed by atoms with Gasteiger partial charge in [0, 0.05) is 22.7 Å². The monoisotopic (exact) mass is 205 g/mol. The highest BCUT2D eigenvalue weighted by atomic mass is 16.5. The number of aromatic amines is 1. The second-order valence-corrected chi connectivity index (χ2v) is 3.26. The second kappa shape index (κ2) is 3.65. The number of H-pyrrole nitrogens is 1. The Labute approximate surface area is 86.5 Å². The lowest BCUT2D eigenvalue weighted by Gasteiger charge is -2.07. The summed E-state index contributed by atoms with van der Waals surface area (Å²) in [6.07, 6.45) is 1.76. The molecule has 4 heteroatoms. The summed E-state index contributed by atoms with van der Waals surface area (Å²) in [6, 6.07) is 5.51. The Morgan fingerprint density at radius 2 is 2.27 bits per heavy atom. The van der Waals surface area contributed by atoms with Crippen molar-refractivity contribution in [3.63, 3.8) is 0 Å². The van der Waals surface area contributed by atoms with Crippen molar-refractivity contribution in [2.45, 2.75) is 6.42 Å². The van der Waals surface area contributed by atoms with Crippen LogP contribution >= 0.6 is 0 Å². The minimum Gasteiger partial charge on any atom is -0.496 e. The molecule has 0 saturated carbocycles. The summed E-state index contributed by atoms with van der Waals surface area (Å²) < 4.78 is 5.15. The highest BCUT2D eigenvalue weighted by Crippen LogP contribution is 2.27. The molecule has 0 spiro atoms. The SMILES string of the molecule is COc1ccc2[nH]ccc2c1CC(=O)O. The lowest BCUT2D eigenvalue weighted by Crippen LogP contribution is -2.02. The fourth-order valence-corrected chi connectivity index (χ4v) is 1.70. The van der Waals surface area contributed by atoms with Gasteiger partial charge in [-0.15, -0.1) is 0 Å². The van der Waals surface area contributed by atoms with Gasteiger partial charge >= 0.3 is 5.97 Å². The molecule has 1 aromatic heterocycles. The summed E-state index contributed by atoms with van der Waals surface area (Å²) in [7, 11) is 1.54. The van der Waals surface area contributed by atoms with E-state index in [9.17, 15) is 4.79 Å². The number of methoxy groups -OCH3 is 1. The average molecular weight is 205 g/mol. The number of nitrogens with one attached hydrogen (secondary N) is 1. The van der Waals surface area contributed by atoms with Crippen molar-refractivity contribution in [1.29, 1.82) is 0 Å². The second-order valence-electron chi connectivity index (χ2n) is 3.26. The van der Waals surface area contributed by atoms with Crippen LogP contribution in [-0.2, 0) is 11.2 Å². The van der Waals surface area contributed by atoms with Crippen LogP contribution in [-0.4, -0.2) is 23.2 Å². The first-order chi connectivity index (χ1) is 7.22. The maximum atomic E-state index is 10.7. The number of rotatable bonds is 3. The molecule has 0 radical (unpaired) electrons. The van der Waals surface area contributed by atoms with E-state index < -0.39 is 5.97 Å². The third-order valence-electron chi connectivity index (χ3n) is 2.35. The minimum atomic E-state index is -0.859. The molecule has 2 rings (SSSR count). The van der Waals surface area contributed by atoms with Gasteiger partial charge in [0.2, 0.25) is 0 Å². The molecule has 0 aliphatic carbocycles. The lowest BCUT2D eigenvalue weighted by molar-refractivity contribution is -0.136. The molecular weight excluding hydrogens is 194 g/mol. The van der Waals surface area contributed by atoms with E-state index in [1.807, 2.05) is 12.1 Å². The van der Waals surface area contributed by atoms with Crippen molar-refractivity contribution in [2.75, 3.05) is 7.11 Å². The van der Waals surface area contributed by atoms with Gasteiger partial charge in [-0.1, -0.05) is 0 Å². The third-order valence-corrected chi connectivity index (χ3v) is 2.35. The van der Waals surface area contributed by atoms with Crippen LogP contribution in [0.15, 0.2) is 24.4 Å². The van der Waals surface area contributed by atoms with Crippen LogP contribution < -0.4 is 4.74 Å². The molecule has 1 aromatic carbocycles. The number of benzene rings is 1. The molecular formula is C11H11NO3. The van der Waals surface area contributed by atoms with Crippen molar-refractivity contribution < 1.29 is 14.6 Å². The number of carboxylic acids is 1. The molecule has 0 unspecified atom stereocenters. The van der Waals surface area contributed by atoms with Crippen molar-refractivity contribution in [2.24, 2.45) is 0 Å². The number of ether oxygens (including phenoxy) is 1. The van der Waals surface area contributed by atoms with Gasteiger partial charge in [-0.3, -0.25) is 4.79 Å². The van der Waals surface area contributed by atoms with E-state index in [1.54, 1.807) is 19.4 Å². The van der Waals surface area contributed by atoms with Crippen molar-refractivity contribution in [3.8, 4) is 5.75 Å². The molecule has 4 nitrogen and oxygen atoms in total. The molecule has 2 aromatic rings. The Bertz CT molecular complexity index is 502. The Morgan fingerprint density at radius 3 is 2.93 bits per heavy atom. The predicted octanol–water partition coefficient (Wildman–Crippen LogP) is 1.80. The summed E-state index contributed by atoms with van der Waals surface area (Å²) in [5, 5.41) is 9.72. The van der Waals surface area contributed by atoms with E-state index in [2.05, 4.69) is 4.98 Å². The molecule has 0 amide bonds. The smallest absolute Gasteiger partial charge is 0.307 e. The number of aromatic nitrogens is 1. The number of carboxylic acid groups (broad SMARTS) is 1. The van der Waals surface area contributed by atoms with E-state index in [-0.39, 0.29) is 6.42 Å². The molecule has 0 saturated heterocycles. The number of fused-ring (bicyclic) bond motifs is 1. The topological polar surface area (TPSA) is 62.3 Å². The van der Waals surface area contributed by atoms with Gasteiger partial charge < -0.3 is 14.8 Å². The van der Waals surface area contributed by atoms with Gasteiger partial charge in [-0.25, -0.2) is 0 Å². The van der Waals surface area contributed by atoms with E-state index in [4.69, 9.17) is 9.84 Å². The summed E-state index contributed by atoms with van der Waals surface area (Å²) >= 11 is 0. The van der Waals surface area contributed by atoms with Crippen molar-refractivity contribution in [1.82, 2.24) is 4.98 Å². The summed E-state index contributed by atoms with van der Waals surface area (Å²) in [4.78, 5) is 13.8. The van der Waals surface area contributed by atoms with Gasteiger partial charge in [0.1, 0.15) is 5.75 Å². The van der Waals surface area contributed by atoms with E-state index in [1.165, 1.54) is 0 Å². The predicted molar refractivity (Wildman–Crippen MR) is 56.2 cm³/mol. The van der Waals surface area contributed by atoms with Crippen LogP contribution in [0.5, 0.6) is 5.75 Å². The lowest BCUT2D eigenvalue weighted by atomic mass is 10.1. The molecule has 0 aliphatic heterocycles. The average Bonchev–Trinajstić information content (AvgIpc) is 2.65. The van der Waals surface area contributed by atoms with E-state index in [0.717, 1.165) is 10.9 Å². The van der Waals surface area contributed by atoms with Crippen molar-refractivity contribution in [3.05, 3.63) is 30.0 Å². The number of carbonyl (C=O) groups is 1. The molecule has 0 aliphatic rings. The van der Waals surface area contributed by atoms with Crippen LogP contribution in [0.1, 0.15) is 5.56 Å². The fourth-order valence-electron chi connectivity index (χ4n) is 1.70. The van der Waals surface area contributed by atoms with Crippen LogP contribution in [0, 0.1) is 0 Å². The quantitative estimate of drug-likeness (QED) is 0.803. The normalized spacial score (nSPS) is 10.5. The van der Waals surface area contributed by atoms with Gasteiger partial charge in [-0.05, 0) is 18.2 Å². The highest BCUT2D eigenvalue weighted by Gasteiger charge is 2.11. The standard InChI is InChI=1S/C11H11NO3/c1-15-10-3-2-9-7(4-5-12-9)8(10)6-11(13)14/h2-5,12H,6H2,1H3,(H,13,14). The zero-order chi connectivity index (χ0) is 10.8. The van der Waals surface area contributed by atoms with Crippen molar-refractivity contribution >= 4 is 16.9 Å². The molecule has 78 valence electrons. The zero-order valence-electron chi connectivity index (χ0n) is 8.28. The summed E-state index contributed by atoms with van der Waals surface area (Å²) in [6.45, 7) is 0. The maximum absolute atomic E-state index is 10.7. The third kappa shape index (κ3) is 1.66. The van der Waals surface area contributed by atoms with E-state index in [0.29, 0.717) is 11.3 Å². The Morgan fingerprint density at radius 1 is 1.47 bits per heavy atom. The zero-order valence-corrected chi connectivity index (χ0v) is 8.28. The molecule has 0 fully saturated rings. The van der Waals surface area contributed by atoms with E-state index >= 15 is 0 Å². The van der Waals surface area contributed by atoms with Crippen LogP contribution in [0.4, 0.5) is 0 Å². The van der Waals surface area contributed by atoms with Gasteiger partial charge in [0.15, 0.2) is 0 Å². The number of hydrogen-bond donors (Lipinski definition) is 2. The molecule has 2 N–H and O–H groups in total. The Balaban J connectivity index is 2.62. The molecule has 0 atom stereocenters. The molecule has 15 heavy (non-hydrogen) atoms. The number of aliphatic carboxylic acids is 1. The van der Waals surface area contributed by atoms with Gasteiger partial charge in [0.25, 0.3) is 0 Å². The first kappa shape index (κ1) is 9.58. The van der Waals surface area contributed by atoms with Crippen LogP contribution in [0.3, 0.4) is 0 Å². The Kier molecular flexibility index (Phi) is 2.33. The molecule has 0 bridgehead atoms. The number of hydrogen-bond acceptors (Lipinski definition) is 2.